The van der Waals surface area contributed by atoms with E-state index in [4.69, 9.17) is 4.74 Å². The third-order valence-corrected chi connectivity index (χ3v) is 3.90. The first-order valence-corrected chi connectivity index (χ1v) is 7.96. The lowest BCUT2D eigenvalue weighted by Gasteiger charge is -2.28. The van der Waals surface area contributed by atoms with Gasteiger partial charge in [-0.3, -0.25) is 9.59 Å². The second-order valence-corrected chi connectivity index (χ2v) is 6.09. The summed E-state index contributed by atoms with van der Waals surface area (Å²) in [6.45, 7) is 5.44. The van der Waals surface area contributed by atoms with Gasteiger partial charge in [-0.2, -0.15) is 0 Å². The molecule has 1 saturated heterocycles. The average molecular weight is 333 g/mol. The standard InChI is InChI=1S/C17H23N3O4/c1-11(2)15-19-16(22)12(3)20(15)14(21)9-18-17(23)24-10-13-7-5-4-6-8-13/h4-8,11-12,15H,9-10H2,1-3H3,(H,18,23)(H,19,22). The molecule has 24 heavy (non-hydrogen) atoms. The molecule has 130 valence electrons. The van der Waals surface area contributed by atoms with Gasteiger partial charge in [-0.15, -0.1) is 0 Å². The monoisotopic (exact) mass is 333 g/mol. The van der Waals surface area contributed by atoms with Gasteiger partial charge in [-0.05, 0) is 18.4 Å². The third kappa shape index (κ3) is 4.24. The van der Waals surface area contributed by atoms with Crippen molar-refractivity contribution < 1.29 is 19.1 Å². The minimum atomic E-state index is -0.667. The minimum absolute atomic E-state index is 0.0767. The molecular formula is C17H23N3O4. The van der Waals surface area contributed by atoms with Crippen LogP contribution >= 0.6 is 0 Å². The van der Waals surface area contributed by atoms with Gasteiger partial charge in [0.2, 0.25) is 11.8 Å². The van der Waals surface area contributed by atoms with E-state index in [9.17, 15) is 14.4 Å². The summed E-state index contributed by atoms with van der Waals surface area (Å²) in [5.74, 6) is -0.433. The number of ether oxygens (including phenoxy) is 1. The maximum absolute atomic E-state index is 12.4. The molecule has 1 aromatic carbocycles. The van der Waals surface area contributed by atoms with Crippen molar-refractivity contribution in [1.29, 1.82) is 0 Å². The van der Waals surface area contributed by atoms with E-state index in [2.05, 4.69) is 10.6 Å². The molecule has 3 amide bonds. The van der Waals surface area contributed by atoms with Gasteiger partial charge >= 0.3 is 6.09 Å². The Labute approximate surface area is 141 Å². The quantitative estimate of drug-likeness (QED) is 0.849. The molecule has 1 aromatic rings. The highest BCUT2D eigenvalue weighted by molar-refractivity contribution is 5.92. The van der Waals surface area contributed by atoms with Gasteiger partial charge in [0.25, 0.3) is 0 Å². The molecule has 1 aliphatic rings. The Balaban J connectivity index is 1.83. The fraction of sp³-hybridized carbons (Fsp3) is 0.471. The molecule has 0 spiro atoms. The molecule has 1 aliphatic heterocycles. The number of amides is 3. The van der Waals surface area contributed by atoms with Crippen molar-refractivity contribution in [3.05, 3.63) is 35.9 Å². The van der Waals surface area contributed by atoms with Crippen molar-refractivity contribution in [2.45, 2.75) is 39.6 Å². The summed E-state index contributed by atoms with van der Waals surface area (Å²) >= 11 is 0. The molecule has 1 heterocycles. The number of rotatable bonds is 5. The number of benzene rings is 1. The fourth-order valence-corrected chi connectivity index (χ4v) is 2.58. The SMILES string of the molecule is CC(C)C1NC(=O)C(C)N1C(=O)CNC(=O)OCc1ccccc1. The summed E-state index contributed by atoms with van der Waals surface area (Å²) in [5.41, 5.74) is 0.863. The van der Waals surface area contributed by atoms with Crippen LogP contribution in [0.5, 0.6) is 0 Å². The molecule has 1 fully saturated rings. The summed E-state index contributed by atoms with van der Waals surface area (Å²) in [6, 6.07) is 8.71. The second-order valence-electron chi connectivity index (χ2n) is 6.09. The van der Waals surface area contributed by atoms with E-state index in [1.165, 1.54) is 4.90 Å². The molecule has 7 heteroatoms. The van der Waals surface area contributed by atoms with Gasteiger partial charge in [0.1, 0.15) is 25.4 Å². The number of hydrogen-bond acceptors (Lipinski definition) is 4. The van der Waals surface area contributed by atoms with Gasteiger partial charge in [0.05, 0.1) is 0 Å². The Morgan fingerprint density at radius 3 is 2.58 bits per heavy atom. The van der Waals surface area contributed by atoms with Gasteiger partial charge in [-0.1, -0.05) is 44.2 Å². The zero-order chi connectivity index (χ0) is 17.7. The van der Waals surface area contributed by atoms with Crippen LogP contribution in [0.2, 0.25) is 0 Å². The summed E-state index contributed by atoms with van der Waals surface area (Å²) in [5, 5.41) is 5.22. The van der Waals surface area contributed by atoms with E-state index < -0.39 is 12.1 Å². The molecule has 0 bridgehead atoms. The van der Waals surface area contributed by atoms with E-state index in [0.29, 0.717) is 0 Å². The number of nitrogens with one attached hydrogen (secondary N) is 2. The van der Waals surface area contributed by atoms with Crippen LogP contribution in [0.15, 0.2) is 30.3 Å². The maximum Gasteiger partial charge on any atom is 0.407 e. The molecule has 0 aliphatic carbocycles. The lowest BCUT2D eigenvalue weighted by atomic mass is 10.1. The van der Waals surface area contributed by atoms with E-state index in [1.807, 2.05) is 44.2 Å². The Hall–Kier alpha value is -2.57. The molecule has 2 rings (SSSR count). The van der Waals surface area contributed by atoms with E-state index in [-0.39, 0.29) is 37.0 Å². The predicted octanol–water partition coefficient (Wildman–Crippen LogP) is 1.24. The topological polar surface area (TPSA) is 87.7 Å². The fourth-order valence-electron chi connectivity index (χ4n) is 2.58. The van der Waals surface area contributed by atoms with E-state index in [1.54, 1.807) is 6.92 Å². The normalized spacial score (nSPS) is 20.0. The highest BCUT2D eigenvalue weighted by Crippen LogP contribution is 2.18. The van der Waals surface area contributed by atoms with Crippen LogP contribution in [-0.4, -0.2) is 41.6 Å². The van der Waals surface area contributed by atoms with E-state index >= 15 is 0 Å². The summed E-state index contributed by atoms with van der Waals surface area (Å²) < 4.78 is 5.06. The van der Waals surface area contributed by atoms with Gasteiger partial charge in [0, 0.05) is 0 Å². The number of carbonyl (C=O) groups is 3. The molecule has 2 atom stereocenters. The Bertz CT molecular complexity index is 603. The van der Waals surface area contributed by atoms with Crippen LogP contribution in [0.3, 0.4) is 0 Å². The summed E-state index contributed by atoms with van der Waals surface area (Å²) in [7, 11) is 0. The number of nitrogens with zero attached hydrogens (tertiary/aromatic N) is 1. The zero-order valence-corrected chi connectivity index (χ0v) is 14.1. The van der Waals surface area contributed by atoms with Crippen molar-refractivity contribution in [2.75, 3.05) is 6.54 Å². The smallest absolute Gasteiger partial charge is 0.407 e. The predicted molar refractivity (Wildman–Crippen MR) is 87.7 cm³/mol. The Morgan fingerprint density at radius 1 is 1.29 bits per heavy atom. The van der Waals surface area contributed by atoms with Crippen molar-refractivity contribution in [3.63, 3.8) is 0 Å². The molecule has 0 radical (unpaired) electrons. The molecule has 2 unspecified atom stereocenters. The molecule has 7 nitrogen and oxygen atoms in total. The van der Waals surface area contributed by atoms with Crippen molar-refractivity contribution in [1.82, 2.24) is 15.5 Å². The lowest BCUT2D eigenvalue weighted by Crippen LogP contribution is -2.49. The highest BCUT2D eigenvalue weighted by Gasteiger charge is 2.41. The van der Waals surface area contributed by atoms with Crippen molar-refractivity contribution in [3.8, 4) is 0 Å². The van der Waals surface area contributed by atoms with Crippen LogP contribution in [0.25, 0.3) is 0 Å². The molecule has 0 saturated carbocycles. The van der Waals surface area contributed by atoms with E-state index in [0.717, 1.165) is 5.56 Å². The Morgan fingerprint density at radius 2 is 1.96 bits per heavy atom. The highest BCUT2D eigenvalue weighted by atomic mass is 16.5. The Kier molecular flexibility index (Phi) is 5.78. The van der Waals surface area contributed by atoms with Crippen LogP contribution < -0.4 is 10.6 Å². The van der Waals surface area contributed by atoms with Crippen LogP contribution in [-0.2, 0) is 20.9 Å². The number of carbonyl (C=O) groups excluding carboxylic acids is 3. The van der Waals surface area contributed by atoms with Crippen LogP contribution in [0.1, 0.15) is 26.3 Å². The van der Waals surface area contributed by atoms with Gasteiger partial charge < -0.3 is 20.3 Å². The maximum atomic E-state index is 12.4. The first-order chi connectivity index (χ1) is 11.4. The molecule has 0 aromatic heterocycles. The van der Waals surface area contributed by atoms with Crippen molar-refractivity contribution in [2.24, 2.45) is 5.92 Å². The summed E-state index contributed by atoms with van der Waals surface area (Å²) in [4.78, 5) is 37.3. The summed E-state index contributed by atoms with van der Waals surface area (Å²) in [6.07, 6.45) is -1.03. The largest absolute Gasteiger partial charge is 0.445 e. The lowest BCUT2D eigenvalue weighted by molar-refractivity contribution is -0.135. The van der Waals surface area contributed by atoms with Crippen molar-refractivity contribution >= 4 is 17.9 Å². The van der Waals surface area contributed by atoms with Crippen LogP contribution in [0.4, 0.5) is 4.79 Å². The van der Waals surface area contributed by atoms with Gasteiger partial charge in [0.15, 0.2) is 0 Å². The minimum Gasteiger partial charge on any atom is -0.445 e. The number of hydrogen-bond donors (Lipinski definition) is 2. The second kappa shape index (κ2) is 7.81. The first kappa shape index (κ1) is 17.8. The zero-order valence-electron chi connectivity index (χ0n) is 14.1. The van der Waals surface area contributed by atoms with Gasteiger partial charge in [-0.25, -0.2) is 4.79 Å². The first-order valence-electron chi connectivity index (χ1n) is 7.96. The third-order valence-electron chi connectivity index (χ3n) is 3.90. The molecular weight excluding hydrogens is 310 g/mol. The average Bonchev–Trinajstić information content (AvgIpc) is 2.87. The van der Waals surface area contributed by atoms with Crippen LogP contribution in [0, 0.1) is 5.92 Å². The number of alkyl carbamates (subject to hydrolysis) is 1. The molecule has 2 N–H and O–H groups in total.